The fourth-order valence-electron chi connectivity index (χ4n) is 3.61. The number of allylic oxidation sites excluding steroid dienone is 5. The van der Waals surface area contributed by atoms with Gasteiger partial charge in [-0.1, -0.05) is 50.8 Å². The zero-order valence-electron chi connectivity index (χ0n) is 16.5. The SMILES string of the molecule is C=C/C=C(\C=C/C)C1CCNCC1COc1ccc2c(c1)COC2.CC. The Hall–Kier alpha value is -1.84. The van der Waals surface area contributed by atoms with E-state index in [1.54, 1.807) is 0 Å². The highest BCUT2D eigenvalue weighted by Crippen LogP contribution is 2.30. The number of fused-ring (bicyclic) bond motifs is 1. The molecule has 3 heteroatoms. The van der Waals surface area contributed by atoms with Gasteiger partial charge in [0.1, 0.15) is 5.75 Å². The lowest BCUT2D eigenvalue weighted by Crippen LogP contribution is -2.40. The molecular formula is C23H33NO2. The Bertz CT molecular complexity index is 633. The molecule has 1 aromatic carbocycles. The Morgan fingerprint density at radius 3 is 2.88 bits per heavy atom. The summed E-state index contributed by atoms with van der Waals surface area (Å²) in [6, 6.07) is 6.31. The molecule has 2 heterocycles. The summed E-state index contributed by atoms with van der Waals surface area (Å²) in [5.74, 6) is 1.92. The second-order valence-electron chi connectivity index (χ2n) is 6.50. The number of nitrogens with one attached hydrogen (secondary N) is 1. The van der Waals surface area contributed by atoms with E-state index in [0.29, 0.717) is 18.4 Å². The molecule has 2 aliphatic rings. The molecule has 2 unspecified atom stereocenters. The van der Waals surface area contributed by atoms with Crippen molar-refractivity contribution in [3.05, 3.63) is 65.8 Å². The van der Waals surface area contributed by atoms with Crippen molar-refractivity contribution in [3.8, 4) is 5.75 Å². The largest absolute Gasteiger partial charge is 0.493 e. The Morgan fingerprint density at radius 2 is 2.12 bits per heavy atom. The van der Waals surface area contributed by atoms with Gasteiger partial charge in [-0.2, -0.15) is 0 Å². The Kier molecular flexibility index (Phi) is 8.66. The van der Waals surface area contributed by atoms with Gasteiger partial charge in [-0.05, 0) is 54.6 Å². The predicted octanol–water partition coefficient (Wildman–Crippen LogP) is 5.04. The third kappa shape index (κ3) is 5.33. The first-order valence-corrected chi connectivity index (χ1v) is 9.80. The molecule has 142 valence electrons. The van der Waals surface area contributed by atoms with Gasteiger partial charge in [-0.15, -0.1) is 0 Å². The molecule has 3 rings (SSSR count). The smallest absolute Gasteiger partial charge is 0.119 e. The minimum atomic E-state index is 0.464. The minimum Gasteiger partial charge on any atom is -0.493 e. The van der Waals surface area contributed by atoms with Crippen LogP contribution in [0, 0.1) is 11.8 Å². The Labute approximate surface area is 158 Å². The van der Waals surface area contributed by atoms with Crippen molar-refractivity contribution in [1.29, 1.82) is 0 Å². The maximum Gasteiger partial charge on any atom is 0.119 e. The van der Waals surface area contributed by atoms with Gasteiger partial charge < -0.3 is 14.8 Å². The van der Waals surface area contributed by atoms with Crippen molar-refractivity contribution in [2.45, 2.75) is 40.4 Å². The summed E-state index contributed by atoms with van der Waals surface area (Å²) >= 11 is 0. The molecule has 0 bridgehead atoms. The molecule has 0 aromatic heterocycles. The number of benzene rings is 1. The third-order valence-electron chi connectivity index (χ3n) is 4.86. The van der Waals surface area contributed by atoms with Crippen LogP contribution < -0.4 is 10.1 Å². The van der Waals surface area contributed by atoms with Gasteiger partial charge in [-0.3, -0.25) is 0 Å². The Morgan fingerprint density at radius 1 is 1.31 bits per heavy atom. The molecule has 2 aliphatic heterocycles. The van der Waals surface area contributed by atoms with Crippen LogP contribution in [-0.4, -0.2) is 19.7 Å². The maximum atomic E-state index is 6.13. The molecule has 0 saturated carbocycles. The zero-order chi connectivity index (χ0) is 18.8. The number of rotatable bonds is 6. The fraction of sp³-hybridized carbons (Fsp3) is 0.478. The van der Waals surface area contributed by atoms with E-state index in [-0.39, 0.29) is 0 Å². The van der Waals surface area contributed by atoms with Crippen molar-refractivity contribution >= 4 is 0 Å². The van der Waals surface area contributed by atoms with Crippen molar-refractivity contribution < 1.29 is 9.47 Å². The first-order valence-electron chi connectivity index (χ1n) is 9.80. The third-order valence-corrected chi connectivity index (χ3v) is 4.86. The van der Waals surface area contributed by atoms with Crippen LogP contribution in [0.4, 0.5) is 0 Å². The van der Waals surface area contributed by atoms with E-state index in [4.69, 9.17) is 9.47 Å². The Balaban J connectivity index is 0.00000117. The summed E-state index contributed by atoms with van der Waals surface area (Å²) in [5.41, 5.74) is 3.89. The second kappa shape index (κ2) is 11.0. The molecule has 1 fully saturated rings. The molecule has 1 saturated heterocycles. The van der Waals surface area contributed by atoms with Crippen LogP contribution in [0.15, 0.2) is 54.7 Å². The summed E-state index contributed by atoms with van der Waals surface area (Å²) in [6.07, 6.45) is 9.47. The van der Waals surface area contributed by atoms with Gasteiger partial charge in [0.25, 0.3) is 0 Å². The fourth-order valence-corrected chi connectivity index (χ4v) is 3.61. The second-order valence-corrected chi connectivity index (χ2v) is 6.50. The zero-order valence-corrected chi connectivity index (χ0v) is 16.5. The lowest BCUT2D eigenvalue weighted by Gasteiger charge is -2.33. The van der Waals surface area contributed by atoms with Crippen molar-refractivity contribution in [1.82, 2.24) is 5.32 Å². The van der Waals surface area contributed by atoms with E-state index < -0.39 is 0 Å². The van der Waals surface area contributed by atoms with Gasteiger partial charge in [0, 0.05) is 12.5 Å². The normalized spacial score (nSPS) is 22.5. The summed E-state index contributed by atoms with van der Waals surface area (Å²) in [4.78, 5) is 0. The lowest BCUT2D eigenvalue weighted by atomic mass is 9.80. The number of ether oxygens (including phenoxy) is 2. The van der Waals surface area contributed by atoms with Gasteiger partial charge in [0.15, 0.2) is 0 Å². The minimum absolute atomic E-state index is 0.464. The van der Waals surface area contributed by atoms with E-state index in [1.165, 1.54) is 16.7 Å². The standard InChI is InChI=1S/C21H27NO2.C2H6/c1-3-5-16(6-4-2)21-9-10-22-12-19(21)15-24-20-8-7-17-13-23-14-18(17)11-20;1-2/h3-8,11,19,21-22H,1,9-10,12-15H2,2H3;1-2H3/b6-4-,16-5+;. The predicted molar refractivity (Wildman–Crippen MR) is 109 cm³/mol. The van der Waals surface area contributed by atoms with E-state index in [9.17, 15) is 0 Å². The van der Waals surface area contributed by atoms with Crippen LogP contribution in [0.3, 0.4) is 0 Å². The average Bonchev–Trinajstić information content (AvgIpc) is 3.16. The van der Waals surface area contributed by atoms with Gasteiger partial charge in [-0.25, -0.2) is 0 Å². The van der Waals surface area contributed by atoms with Gasteiger partial charge >= 0.3 is 0 Å². The number of piperidine rings is 1. The monoisotopic (exact) mass is 355 g/mol. The van der Waals surface area contributed by atoms with Gasteiger partial charge in [0.2, 0.25) is 0 Å². The summed E-state index contributed by atoms with van der Waals surface area (Å²) in [7, 11) is 0. The van der Waals surface area contributed by atoms with Crippen LogP contribution >= 0.6 is 0 Å². The summed E-state index contributed by atoms with van der Waals surface area (Å²) < 4.78 is 11.6. The van der Waals surface area contributed by atoms with Crippen molar-refractivity contribution in [2.75, 3.05) is 19.7 Å². The van der Waals surface area contributed by atoms with E-state index in [1.807, 2.05) is 19.9 Å². The topological polar surface area (TPSA) is 30.5 Å². The highest BCUT2D eigenvalue weighted by atomic mass is 16.5. The van der Waals surface area contributed by atoms with Gasteiger partial charge in [0.05, 0.1) is 19.8 Å². The molecule has 2 atom stereocenters. The molecule has 1 N–H and O–H groups in total. The molecule has 0 aliphatic carbocycles. The van der Waals surface area contributed by atoms with Crippen LogP contribution in [0.5, 0.6) is 5.75 Å². The summed E-state index contributed by atoms with van der Waals surface area (Å²) in [6.45, 7) is 14.1. The highest BCUT2D eigenvalue weighted by Gasteiger charge is 2.27. The first-order chi connectivity index (χ1) is 12.8. The van der Waals surface area contributed by atoms with Crippen LogP contribution in [0.1, 0.15) is 38.3 Å². The van der Waals surface area contributed by atoms with Crippen LogP contribution in [-0.2, 0) is 18.0 Å². The van der Waals surface area contributed by atoms with E-state index in [0.717, 1.165) is 38.5 Å². The average molecular weight is 356 g/mol. The molecule has 26 heavy (non-hydrogen) atoms. The van der Waals surface area contributed by atoms with E-state index >= 15 is 0 Å². The number of hydrogen-bond donors (Lipinski definition) is 1. The van der Waals surface area contributed by atoms with E-state index in [2.05, 4.69) is 55.2 Å². The summed E-state index contributed by atoms with van der Waals surface area (Å²) in [5, 5.41) is 3.50. The highest BCUT2D eigenvalue weighted by molar-refractivity contribution is 5.36. The lowest BCUT2D eigenvalue weighted by molar-refractivity contribution is 0.134. The molecule has 3 nitrogen and oxygen atoms in total. The molecule has 1 aromatic rings. The molecular weight excluding hydrogens is 322 g/mol. The maximum absolute atomic E-state index is 6.13. The molecule has 0 spiro atoms. The first kappa shape index (κ1) is 20.5. The van der Waals surface area contributed by atoms with Crippen LogP contribution in [0.25, 0.3) is 0 Å². The number of hydrogen-bond acceptors (Lipinski definition) is 3. The van der Waals surface area contributed by atoms with Crippen molar-refractivity contribution in [3.63, 3.8) is 0 Å². The van der Waals surface area contributed by atoms with Crippen LogP contribution in [0.2, 0.25) is 0 Å². The quantitative estimate of drug-likeness (QED) is 0.726. The van der Waals surface area contributed by atoms with Crippen molar-refractivity contribution in [2.24, 2.45) is 11.8 Å². The molecule has 0 amide bonds. The molecule has 0 radical (unpaired) electrons.